The summed E-state index contributed by atoms with van der Waals surface area (Å²) in [5, 5.41) is 3.24. The van der Waals surface area contributed by atoms with Gasteiger partial charge >= 0.3 is 0 Å². The molecular weight excluding hydrogens is 344 g/mol. The molecule has 2 aromatic rings. The van der Waals surface area contributed by atoms with E-state index in [0.29, 0.717) is 22.1 Å². The molecule has 2 aromatic carbocycles. The van der Waals surface area contributed by atoms with Crippen LogP contribution >= 0.6 is 27.5 Å². The lowest BCUT2D eigenvalue weighted by Gasteiger charge is -2.09. The van der Waals surface area contributed by atoms with Crippen molar-refractivity contribution in [1.29, 1.82) is 0 Å². The van der Waals surface area contributed by atoms with Gasteiger partial charge in [0.1, 0.15) is 5.75 Å². The van der Waals surface area contributed by atoms with Crippen molar-refractivity contribution in [3.05, 3.63) is 52.0 Å². The molecule has 3 N–H and O–H groups in total. The Kier molecular flexibility index (Phi) is 4.87. The molecule has 0 radical (unpaired) electrons. The lowest BCUT2D eigenvalue weighted by Crippen LogP contribution is -2.20. The van der Waals surface area contributed by atoms with Crippen LogP contribution in [0.15, 0.2) is 46.9 Å². The Balaban J connectivity index is 1.90. The first-order valence-electron chi connectivity index (χ1n) is 5.78. The van der Waals surface area contributed by atoms with E-state index in [0.717, 1.165) is 4.47 Å². The van der Waals surface area contributed by atoms with Crippen molar-refractivity contribution in [2.45, 2.75) is 0 Å². The second-order valence-corrected chi connectivity index (χ2v) is 5.38. The highest BCUT2D eigenvalue weighted by atomic mass is 79.9. The second kappa shape index (κ2) is 6.63. The average Bonchev–Trinajstić information content (AvgIpc) is 2.40. The smallest absolute Gasteiger partial charge is 0.262 e. The van der Waals surface area contributed by atoms with Gasteiger partial charge in [-0.15, -0.1) is 0 Å². The normalized spacial score (nSPS) is 10.1. The quantitative estimate of drug-likeness (QED) is 0.822. The molecule has 0 aliphatic heterocycles. The number of nitrogens with one attached hydrogen (secondary N) is 1. The Morgan fingerprint density at radius 3 is 2.60 bits per heavy atom. The summed E-state index contributed by atoms with van der Waals surface area (Å²) in [6.07, 6.45) is 0. The molecule has 104 valence electrons. The van der Waals surface area contributed by atoms with E-state index in [9.17, 15) is 4.79 Å². The number of carbonyl (C=O) groups is 1. The summed E-state index contributed by atoms with van der Waals surface area (Å²) < 4.78 is 6.29. The first-order chi connectivity index (χ1) is 9.54. The van der Waals surface area contributed by atoms with Crippen molar-refractivity contribution >= 4 is 44.8 Å². The number of amides is 1. The molecule has 0 bridgehead atoms. The van der Waals surface area contributed by atoms with Gasteiger partial charge in [0.05, 0.1) is 5.69 Å². The minimum absolute atomic E-state index is 0.123. The molecular formula is C14H12BrClN2O2. The number of nitrogen functional groups attached to an aromatic ring is 1. The molecule has 0 atom stereocenters. The first-order valence-corrected chi connectivity index (χ1v) is 6.95. The van der Waals surface area contributed by atoms with E-state index in [1.807, 2.05) is 12.1 Å². The zero-order chi connectivity index (χ0) is 14.5. The highest BCUT2D eigenvalue weighted by Gasteiger charge is 2.06. The summed E-state index contributed by atoms with van der Waals surface area (Å²) in [5.41, 5.74) is 6.83. The molecule has 0 fully saturated rings. The largest absolute Gasteiger partial charge is 0.482 e. The lowest BCUT2D eigenvalue weighted by atomic mass is 10.3. The van der Waals surface area contributed by atoms with Gasteiger partial charge in [0.2, 0.25) is 0 Å². The highest BCUT2D eigenvalue weighted by molar-refractivity contribution is 9.10. The van der Waals surface area contributed by atoms with Crippen LogP contribution in [0.2, 0.25) is 5.02 Å². The van der Waals surface area contributed by atoms with Crippen LogP contribution in [0.5, 0.6) is 5.75 Å². The standard InChI is InChI=1S/C14H12BrClN2O2/c15-9-1-4-11(5-2-9)18-14(19)8-20-13-6-3-10(16)7-12(13)17/h1-7H,8,17H2,(H,18,19). The van der Waals surface area contributed by atoms with Crippen molar-refractivity contribution in [2.75, 3.05) is 17.7 Å². The van der Waals surface area contributed by atoms with Crippen molar-refractivity contribution < 1.29 is 9.53 Å². The molecule has 20 heavy (non-hydrogen) atoms. The van der Waals surface area contributed by atoms with E-state index >= 15 is 0 Å². The van der Waals surface area contributed by atoms with Gasteiger partial charge in [-0.25, -0.2) is 0 Å². The predicted molar refractivity (Wildman–Crippen MR) is 84.1 cm³/mol. The molecule has 0 unspecified atom stereocenters. The third-order valence-corrected chi connectivity index (χ3v) is 3.22. The van der Waals surface area contributed by atoms with Crippen molar-refractivity contribution in [3.8, 4) is 5.75 Å². The summed E-state index contributed by atoms with van der Waals surface area (Å²) in [6, 6.07) is 12.1. The van der Waals surface area contributed by atoms with Gasteiger partial charge in [-0.3, -0.25) is 4.79 Å². The van der Waals surface area contributed by atoms with E-state index in [1.54, 1.807) is 30.3 Å². The Bertz CT molecular complexity index is 617. The first kappa shape index (κ1) is 14.7. The summed E-state index contributed by atoms with van der Waals surface area (Å²) in [5.74, 6) is 0.169. The van der Waals surface area contributed by atoms with Crippen LogP contribution in [0, 0.1) is 0 Å². The van der Waals surface area contributed by atoms with Gasteiger partial charge in [-0.2, -0.15) is 0 Å². The number of ether oxygens (including phenoxy) is 1. The zero-order valence-electron chi connectivity index (χ0n) is 10.4. The Morgan fingerprint density at radius 2 is 1.95 bits per heavy atom. The van der Waals surface area contributed by atoms with Crippen LogP contribution in [0.1, 0.15) is 0 Å². The predicted octanol–water partition coefficient (Wildman–Crippen LogP) is 3.70. The molecule has 2 rings (SSSR count). The van der Waals surface area contributed by atoms with Crippen LogP contribution in [-0.4, -0.2) is 12.5 Å². The maximum Gasteiger partial charge on any atom is 0.262 e. The van der Waals surface area contributed by atoms with Gasteiger partial charge in [-0.05, 0) is 42.5 Å². The number of halogens is 2. The lowest BCUT2D eigenvalue weighted by molar-refractivity contribution is -0.118. The Hall–Kier alpha value is -1.72. The van der Waals surface area contributed by atoms with E-state index < -0.39 is 0 Å². The zero-order valence-corrected chi connectivity index (χ0v) is 12.7. The van der Waals surface area contributed by atoms with E-state index in [-0.39, 0.29) is 12.5 Å². The number of benzene rings is 2. The van der Waals surface area contributed by atoms with Crippen molar-refractivity contribution in [2.24, 2.45) is 0 Å². The molecule has 1 amide bonds. The monoisotopic (exact) mass is 354 g/mol. The topological polar surface area (TPSA) is 64.3 Å². The molecule has 0 saturated heterocycles. The van der Waals surface area contributed by atoms with Gasteiger partial charge in [0, 0.05) is 15.2 Å². The van der Waals surface area contributed by atoms with Gasteiger partial charge in [0.25, 0.3) is 5.91 Å². The Labute approximate surface area is 130 Å². The summed E-state index contributed by atoms with van der Waals surface area (Å²) in [4.78, 5) is 11.7. The number of carbonyl (C=O) groups excluding carboxylic acids is 1. The van der Waals surface area contributed by atoms with E-state index in [2.05, 4.69) is 21.2 Å². The number of nitrogens with two attached hydrogens (primary N) is 1. The second-order valence-electron chi connectivity index (χ2n) is 4.03. The Morgan fingerprint density at radius 1 is 1.25 bits per heavy atom. The summed E-state index contributed by atoms with van der Waals surface area (Å²) in [6.45, 7) is -0.123. The molecule has 0 aromatic heterocycles. The highest BCUT2D eigenvalue weighted by Crippen LogP contribution is 2.24. The molecule has 0 saturated carbocycles. The average molecular weight is 356 g/mol. The minimum atomic E-state index is -0.262. The van der Waals surface area contributed by atoms with Crippen LogP contribution in [-0.2, 0) is 4.79 Å². The fourth-order valence-electron chi connectivity index (χ4n) is 1.52. The summed E-state index contributed by atoms with van der Waals surface area (Å²) in [7, 11) is 0. The van der Waals surface area contributed by atoms with Gasteiger partial charge in [0.15, 0.2) is 6.61 Å². The van der Waals surface area contributed by atoms with E-state index in [1.165, 1.54) is 0 Å². The molecule has 0 aliphatic carbocycles. The van der Waals surface area contributed by atoms with Crippen LogP contribution in [0.4, 0.5) is 11.4 Å². The fourth-order valence-corrected chi connectivity index (χ4v) is 1.97. The number of hydrogen-bond donors (Lipinski definition) is 2. The van der Waals surface area contributed by atoms with Crippen LogP contribution in [0.3, 0.4) is 0 Å². The number of anilines is 2. The third-order valence-electron chi connectivity index (χ3n) is 2.46. The van der Waals surface area contributed by atoms with Gasteiger partial charge in [-0.1, -0.05) is 27.5 Å². The SMILES string of the molecule is Nc1cc(Cl)ccc1OCC(=O)Nc1ccc(Br)cc1. The maximum absolute atomic E-state index is 11.7. The van der Waals surface area contributed by atoms with Crippen LogP contribution in [0.25, 0.3) is 0 Å². The molecule has 0 heterocycles. The third kappa shape index (κ3) is 4.15. The van der Waals surface area contributed by atoms with E-state index in [4.69, 9.17) is 22.1 Å². The van der Waals surface area contributed by atoms with Crippen molar-refractivity contribution in [3.63, 3.8) is 0 Å². The molecule has 4 nitrogen and oxygen atoms in total. The molecule has 0 spiro atoms. The van der Waals surface area contributed by atoms with Gasteiger partial charge < -0.3 is 15.8 Å². The number of hydrogen-bond acceptors (Lipinski definition) is 3. The molecule has 6 heteroatoms. The maximum atomic E-state index is 11.7. The summed E-state index contributed by atoms with van der Waals surface area (Å²) >= 11 is 9.11. The molecule has 0 aliphatic rings. The minimum Gasteiger partial charge on any atom is -0.482 e. The van der Waals surface area contributed by atoms with Crippen LogP contribution < -0.4 is 15.8 Å². The number of rotatable bonds is 4. The fraction of sp³-hybridized carbons (Fsp3) is 0.0714. The van der Waals surface area contributed by atoms with Crippen molar-refractivity contribution in [1.82, 2.24) is 0 Å².